The molecule has 0 spiro atoms. The molecule has 0 fully saturated rings. The molecule has 4 nitrogen and oxygen atoms in total. The molecule has 0 saturated carbocycles. The van der Waals surface area contributed by atoms with E-state index >= 15 is 0 Å². The summed E-state index contributed by atoms with van der Waals surface area (Å²) in [7, 11) is 0. The monoisotopic (exact) mass is 341 g/mol. The van der Waals surface area contributed by atoms with Crippen LogP contribution in [0.25, 0.3) is 0 Å². The van der Waals surface area contributed by atoms with Gasteiger partial charge in [0.25, 0.3) is 0 Å². The Bertz CT molecular complexity index is 795. The summed E-state index contributed by atoms with van der Waals surface area (Å²) in [6, 6.07) is 2.20. The van der Waals surface area contributed by atoms with Crippen molar-refractivity contribution in [2.45, 2.75) is 38.4 Å². The normalized spacial score (nSPS) is 17.8. The second kappa shape index (κ2) is 5.61. The van der Waals surface area contributed by atoms with Gasteiger partial charge in [0, 0.05) is 23.9 Å². The highest BCUT2D eigenvalue weighted by Gasteiger charge is 2.35. The van der Waals surface area contributed by atoms with Gasteiger partial charge in [-0.2, -0.15) is 18.3 Å². The number of nitrogens with one attached hydrogen (secondary N) is 1. The maximum atomic E-state index is 14.2. The molecule has 1 amide bonds. The fourth-order valence-corrected chi connectivity index (χ4v) is 2.89. The second-order valence-corrected chi connectivity index (χ2v) is 6.03. The maximum absolute atomic E-state index is 14.2. The summed E-state index contributed by atoms with van der Waals surface area (Å²) < 4.78 is 54.6. The lowest BCUT2D eigenvalue weighted by Gasteiger charge is -2.25. The first-order valence-electron chi connectivity index (χ1n) is 7.42. The quantitative estimate of drug-likeness (QED) is 0.836. The summed E-state index contributed by atoms with van der Waals surface area (Å²) in [4.78, 5) is 12.0. The first kappa shape index (κ1) is 16.5. The third kappa shape index (κ3) is 2.76. The number of hydrogen-bond donors (Lipinski definition) is 1. The van der Waals surface area contributed by atoms with Gasteiger partial charge in [-0.05, 0) is 37.6 Å². The lowest BCUT2D eigenvalue weighted by atomic mass is 9.86. The van der Waals surface area contributed by atoms with Gasteiger partial charge >= 0.3 is 6.18 Å². The van der Waals surface area contributed by atoms with Crippen LogP contribution in [0.5, 0.6) is 0 Å². The van der Waals surface area contributed by atoms with E-state index in [0.717, 1.165) is 12.1 Å². The molecule has 8 heteroatoms. The molecular formula is C16H15F4N3O. The van der Waals surface area contributed by atoms with Crippen molar-refractivity contribution in [1.82, 2.24) is 9.78 Å². The summed E-state index contributed by atoms with van der Waals surface area (Å²) in [5.74, 6) is -1.55. The number of benzene rings is 1. The lowest BCUT2D eigenvalue weighted by Crippen LogP contribution is -2.26. The predicted molar refractivity (Wildman–Crippen MR) is 79.1 cm³/mol. The van der Waals surface area contributed by atoms with Crippen LogP contribution in [-0.4, -0.2) is 15.7 Å². The second-order valence-electron chi connectivity index (χ2n) is 6.03. The van der Waals surface area contributed by atoms with Crippen molar-refractivity contribution in [2.24, 2.45) is 0 Å². The number of aromatic nitrogens is 2. The largest absolute Gasteiger partial charge is 0.416 e. The predicted octanol–water partition coefficient (Wildman–Crippen LogP) is 4.10. The molecule has 1 aliphatic rings. The lowest BCUT2D eigenvalue weighted by molar-refractivity contribution is -0.137. The maximum Gasteiger partial charge on any atom is 0.416 e. The minimum atomic E-state index is -4.58. The Morgan fingerprint density at radius 3 is 2.62 bits per heavy atom. The van der Waals surface area contributed by atoms with Crippen molar-refractivity contribution in [1.29, 1.82) is 0 Å². The van der Waals surface area contributed by atoms with E-state index < -0.39 is 23.5 Å². The van der Waals surface area contributed by atoms with Crippen LogP contribution in [0.1, 0.15) is 48.9 Å². The summed E-state index contributed by atoms with van der Waals surface area (Å²) >= 11 is 0. The summed E-state index contributed by atoms with van der Waals surface area (Å²) in [6.45, 7) is 3.71. The zero-order valence-corrected chi connectivity index (χ0v) is 13.0. The van der Waals surface area contributed by atoms with Gasteiger partial charge in [0.1, 0.15) is 11.6 Å². The zero-order chi connectivity index (χ0) is 17.6. The van der Waals surface area contributed by atoms with Crippen LogP contribution in [0.15, 0.2) is 24.4 Å². The van der Waals surface area contributed by atoms with Gasteiger partial charge in [-0.1, -0.05) is 0 Å². The Kier molecular flexibility index (Phi) is 3.85. The van der Waals surface area contributed by atoms with Crippen molar-refractivity contribution in [2.75, 3.05) is 5.32 Å². The van der Waals surface area contributed by atoms with Crippen LogP contribution < -0.4 is 5.32 Å². The molecule has 0 radical (unpaired) electrons. The van der Waals surface area contributed by atoms with Crippen LogP contribution in [-0.2, 0) is 11.0 Å². The number of alkyl halides is 3. The summed E-state index contributed by atoms with van der Waals surface area (Å²) in [5, 5.41) is 6.84. The minimum Gasteiger partial charge on any atom is -0.311 e. The van der Waals surface area contributed by atoms with Crippen LogP contribution >= 0.6 is 0 Å². The number of nitrogens with zero attached hydrogens (tertiary/aromatic N) is 2. The van der Waals surface area contributed by atoms with E-state index in [-0.39, 0.29) is 23.9 Å². The Labute approximate surface area is 135 Å². The van der Waals surface area contributed by atoms with Gasteiger partial charge in [-0.15, -0.1) is 0 Å². The van der Waals surface area contributed by atoms with Crippen molar-refractivity contribution in [3.05, 3.63) is 46.9 Å². The first-order valence-corrected chi connectivity index (χ1v) is 7.42. The number of hydrogen-bond acceptors (Lipinski definition) is 2. The van der Waals surface area contributed by atoms with Crippen molar-refractivity contribution in [3.8, 4) is 0 Å². The number of anilines is 1. The van der Waals surface area contributed by atoms with Gasteiger partial charge < -0.3 is 5.32 Å². The standard InChI is InChI=1S/C16H15F4N3O/c1-8(2)23-15-12(7-21-23)10(6-14(24)22-15)11-5-9(16(18,19)20)3-4-13(11)17/h3-5,7-8,10H,6H2,1-2H3,(H,22,24)/t10-/m1/s1. The molecular weight excluding hydrogens is 326 g/mol. The van der Waals surface area contributed by atoms with Gasteiger partial charge in [0.05, 0.1) is 11.8 Å². The first-order chi connectivity index (χ1) is 11.2. The number of rotatable bonds is 2. The van der Waals surface area contributed by atoms with Crippen molar-refractivity contribution >= 4 is 11.7 Å². The molecule has 1 aromatic carbocycles. The number of carbonyl (C=O) groups is 1. The molecule has 1 N–H and O–H groups in total. The summed E-state index contributed by atoms with van der Waals surface area (Å²) in [6.07, 6.45) is -3.24. The van der Waals surface area contributed by atoms with Gasteiger partial charge in [0.2, 0.25) is 5.91 Å². The Balaban J connectivity index is 2.13. The fraction of sp³-hybridized carbons (Fsp3) is 0.375. The molecule has 128 valence electrons. The molecule has 0 aliphatic carbocycles. The smallest absolute Gasteiger partial charge is 0.311 e. The molecule has 1 atom stereocenters. The Morgan fingerprint density at radius 1 is 1.29 bits per heavy atom. The Morgan fingerprint density at radius 2 is 2.00 bits per heavy atom. The number of amides is 1. The highest BCUT2D eigenvalue weighted by atomic mass is 19.4. The molecule has 1 aliphatic heterocycles. The van der Waals surface area contributed by atoms with Gasteiger partial charge in [-0.3, -0.25) is 4.79 Å². The molecule has 0 saturated heterocycles. The number of carbonyl (C=O) groups excluding carboxylic acids is 1. The van der Waals surface area contributed by atoms with Crippen LogP contribution in [0, 0.1) is 5.82 Å². The van der Waals surface area contributed by atoms with Gasteiger partial charge in [-0.25, -0.2) is 9.07 Å². The van der Waals surface area contributed by atoms with E-state index in [9.17, 15) is 22.4 Å². The Hall–Kier alpha value is -2.38. The highest BCUT2D eigenvalue weighted by molar-refractivity contribution is 5.94. The van der Waals surface area contributed by atoms with E-state index in [4.69, 9.17) is 0 Å². The molecule has 2 aromatic rings. The van der Waals surface area contributed by atoms with Crippen LogP contribution in [0.3, 0.4) is 0 Å². The third-order valence-electron chi connectivity index (χ3n) is 4.03. The molecule has 1 aromatic heterocycles. The zero-order valence-electron chi connectivity index (χ0n) is 13.0. The van der Waals surface area contributed by atoms with Crippen molar-refractivity contribution < 1.29 is 22.4 Å². The minimum absolute atomic E-state index is 0.0563. The van der Waals surface area contributed by atoms with E-state index in [2.05, 4.69) is 10.4 Å². The van der Waals surface area contributed by atoms with Gasteiger partial charge in [0.15, 0.2) is 0 Å². The van der Waals surface area contributed by atoms with Crippen molar-refractivity contribution in [3.63, 3.8) is 0 Å². The highest BCUT2D eigenvalue weighted by Crippen LogP contribution is 2.40. The van der Waals surface area contributed by atoms with E-state index in [1.807, 2.05) is 13.8 Å². The molecule has 0 bridgehead atoms. The SMILES string of the molecule is CC(C)n1ncc2c1NC(=O)C[C@@H]2c1cc(C(F)(F)F)ccc1F. The average Bonchev–Trinajstić information content (AvgIpc) is 2.89. The molecule has 24 heavy (non-hydrogen) atoms. The van der Waals surface area contributed by atoms with E-state index in [1.165, 1.54) is 6.20 Å². The average molecular weight is 341 g/mol. The van der Waals surface area contributed by atoms with E-state index in [0.29, 0.717) is 17.4 Å². The van der Waals surface area contributed by atoms with Crippen LogP contribution in [0.4, 0.5) is 23.4 Å². The molecule has 2 heterocycles. The third-order valence-corrected chi connectivity index (χ3v) is 4.03. The number of fused-ring (bicyclic) bond motifs is 1. The van der Waals surface area contributed by atoms with Crippen LogP contribution in [0.2, 0.25) is 0 Å². The molecule has 0 unspecified atom stereocenters. The number of halogens is 4. The summed E-state index contributed by atoms with van der Waals surface area (Å²) in [5.41, 5.74) is -0.576. The fourth-order valence-electron chi connectivity index (χ4n) is 2.89. The topological polar surface area (TPSA) is 46.9 Å². The molecule has 3 rings (SSSR count). The van der Waals surface area contributed by atoms with E-state index in [1.54, 1.807) is 4.68 Å².